The Morgan fingerprint density at radius 1 is 0.656 bits per heavy atom. The number of alkyl carbamates (subject to hydrolysis) is 1. The number of ether oxygens (including phenoxy) is 3. The Hall–Kier alpha value is -8.37. The molecule has 0 saturated heterocycles. The fourth-order valence-electron chi connectivity index (χ4n) is 10.2. The van der Waals surface area contributed by atoms with E-state index in [2.05, 4.69) is 26.3 Å². The summed E-state index contributed by atoms with van der Waals surface area (Å²) >= 11 is 0. The van der Waals surface area contributed by atoms with Crippen molar-refractivity contribution in [3.8, 4) is 0 Å². The number of aliphatic carboxylic acids is 1. The number of aliphatic hydroxyl groups is 1. The van der Waals surface area contributed by atoms with E-state index in [4.69, 9.17) is 38.6 Å². The van der Waals surface area contributed by atoms with Gasteiger partial charge in [-0.3, -0.25) is 53.1 Å². The number of guanidine groups is 1. The number of benzene rings is 3. The summed E-state index contributed by atoms with van der Waals surface area (Å²) in [5, 5.41) is 33.1. The van der Waals surface area contributed by atoms with E-state index in [1.807, 2.05) is 0 Å². The van der Waals surface area contributed by atoms with Crippen molar-refractivity contribution in [1.29, 1.82) is 0 Å². The summed E-state index contributed by atoms with van der Waals surface area (Å²) in [4.78, 5) is 151. The van der Waals surface area contributed by atoms with E-state index < -0.39 is 173 Å². The summed E-state index contributed by atoms with van der Waals surface area (Å²) in [7, 11) is 0. The summed E-state index contributed by atoms with van der Waals surface area (Å²) in [6, 6.07) is 14.0. The number of nitrogens with zero attached hydrogens (tertiary/aromatic N) is 3. The molecule has 0 heterocycles. The highest BCUT2D eigenvalue weighted by atomic mass is 16.6. The van der Waals surface area contributed by atoms with Crippen LogP contribution in [0.1, 0.15) is 160 Å². The minimum absolute atomic E-state index is 0.00996. The minimum Gasteiger partial charge on any atom is -0.480 e. The lowest BCUT2D eigenvalue weighted by molar-refractivity contribution is -0.166. The Labute approximate surface area is 566 Å². The van der Waals surface area contributed by atoms with Crippen LogP contribution in [0.25, 0.3) is 0 Å². The predicted octanol–water partition coefficient (Wildman–Crippen LogP) is 3.83. The molecule has 3 rings (SSSR count). The standard InChI is InChI=1S/C69H106N12O15/c1-17-42(6)54(77-57(85)48(34-27-35-74-64(72)73)75-58(86)49(36-40(2)3)76-59(87)55(56(84)41(4)5)78-65(93)96-68(14,15)16)62(90)80(61(89)53(71)43(7)95-67(11,12)13)38-52(83)81(50(63(91)92)39-94-66(8,9)10)60(88)47(70)37-51(82)79-69(44-28-21-18-22-29-44,45-30-23-19-24-31-45)46-32-25-20-26-33-46/h18-26,28-33,40-43,47-50,53-56,84H,17,27,34-39,70-71H2,1-16H3,(H,75,86)(H,76,87)(H,77,85)(H,78,93)(H,79,82)(H,91,92)(H4,72,73,74)/t42-,43-,47-,48-,49-,50-,53-,54-,55-,56+/m0/s1/i/hD. The average molecular weight is 1340 g/mol. The van der Waals surface area contributed by atoms with E-state index in [-0.39, 0.29) is 43.1 Å². The zero-order chi connectivity index (χ0) is 73.7. The molecule has 0 aliphatic heterocycles. The molecule has 0 aliphatic rings. The summed E-state index contributed by atoms with van der Waals surface area (Å²) in [6.07, 6.45) is -5.13. The molecule has 532 valence electrons. The van der Waals surface area contributed by atoms with Gasteiger partial charge in [0.05, 0.1) is 42.5 Å². The van der Waals surface area contributed by atoms with Crippen LogP contribution in [0, 0.1) is 17.8 Å². The lowest BCUT2D eigenvalue weighted by atomic mass is 9.77. The molecule has 15 N–H and O–H groups in total. The molecule has 0 fully saturated rings. The largest absolute Gasteiger partial charge is 0.480 e. The fourth-order valence-corrected chi connectivity index (χ4v) is 10.2. The van der Waals surface area contributed by atoms with Crippen LogP contribution < -0.4 is 49.5 Å². The number of hydrogen-bond acceptors (Lipinski definition) is 17. The van der Waals surface area contributed by atoms with Gasteiger partial charge in [-0.25, -0.2) is 9.59 Å². The summed E-state index contributed by atoms with van der Waals surface area (Å²) in [5.74, 6) is -13.8. The Balaban J connectivity index is 2.27. The van der Waals surface area contributed by atoms with Gasteiger partial charge in [-0.05, 0) is 123 Å². The van der Waals surface area contributed by atoms with Crippen LogP contribution in [-0.4, -0.2) is 176 Å². The maximum atomic E-state index is 15.6. The first-order valence-electron chi connectivity index (χ1n) is 32.8. The first kappa shape index (κ1) is 80.1. The number of nitrogens with one attached hydrogen (secondary N) is 5. The first-order valence-corrected chi connectivity index (χ1v) is 32.4. The van der Waals surface area contributed by atoms with E-state index >= 15 is 24.0 Å². The van der Waals surface area contributed by atoms with Gasteiger partial charge in [0.15, 0.2) is 13.4 Å². The maximum absolute atomic E-state index is 15.6. The van der Waals surface area contributed by atoms with Crippen LogP contribution in [0.15, 0.2) is 96.0 Å². The van der Waals surface area contributed by atoms with Crippen LogP contribution in [0.3, 0.4) is 0 Å². The Bertz CT molecular complexity index is 3060. The number of hydrogen-bond donors (Lipinski definition) is 11. The molecular formula is C69H106N12O15. The molecule has 9 amide bonds. The fraction of sp³-hybridized carbons (Fsp3) is 0.580. The van der Waals surface area contributed by atoms with Crippen molar-refractivity contribution >= 4 is 65.3 Å². The van der Waals surface area contributed by atoms with Gasteiger partial charge in [-0.1, -0.05) is 139 Å². The molecule has 0 aromatic heterocycles. The number of aliphatic hydroxyl groups excluding tert-OH is 1. The van der Waals surface area contributed by atoms with Crippen molar-refractivity contribution in [2.24, 2.45) is 45.7 Å². The van der Waals surface area contributed by atoms with Crippen LogP contribution in [0.4, 0.5) is 4.79 Å². The number of nitrogens with two attached hydrogens (primary N) is 4. The van der Waals surface area contributed by atoms with E-state index in [0.29, 0.717) is 26.9 Å². The Kier molecular flexibility index (Phi) is 30.6. The number of rotatable bonds is 34. The average Bonchev–Trinajstić information content (AvgIpc) is 0.762. The monoisotopic (exact) mass is 1340 g/mol. The molecular weight excluding hydrogens is 1240 g/mol. The summed E-state index contributed by atoms with van der Waals surface area (Å²) < 4.78 is 26.4. The minimum atomic E-state index is -2.22. The number of imide groups is 2. The molecule has 27 nitrogen and oxygen atoms in total. The van der Waals surface area contributed by atoms with Crippen molar-refractivity contribution in [2.75, 3.05) is 19.7 Å². The third kappa shape index (κ3) is 25.3. The molecule has 0 saturated carbocycles. The maximum Gasteiger partial charge on any atom is 0.408 e. The van der Waals surface area contributed by atoms with Gasteiger partial charge in [-0.2, -0.15) is 0 Å². The van der Waals surface area contributed by atoms with Crippen molar-refractivity contribution < 1.29 is 73.8 Å². The Morgan fingerprint density at radius 2 is 1.17 bits per heavy atom. The van der Waals surface area contributed by atoms with Crippen LogP contribution in [-0.2, 0) is 62.9 Å². The lowest BCUT2D eigenvalue weighted by Gasteiger charge is -2.37. The topological polar surface area (TPSA) is 422 Å². The highest BCUT2D eigenvalue weighted by molar-refractivity contribution is 6.08. The number of aliphatic imine (C=N–C) groups is 1. The molecule has 3 aromatic carbocycles. The van der Waals surface area contributed by atoms with Crippen LogP contribution >= 0.6 is 0 Å². The van der Waals surface area contributed by atoms with E-state index in [1.165, 1.54) is 13.8 Å². The highest BCUT2D eigenvalue weighted by Crippen LogP contribution is 2.37. The third-order valence-electron chi connectivity index (χ3n) is 15.2. The molecule has 0 aliphatic carbocycles. The van der Waals surface area contributed by atoms with Crippen molar-refractivity contribution in [1.82, 2.24) is 36.4 Å². The number of carbonyl (C=O) groups is 10. The lowest BCUT2D eigenvalue weighted by Crippen LogP contribution is -2.64. The van der Waals surface area contributed by atoms with Gasteiger partial charge in [0.25, 0.3) is 5.91 Å². The summed E-state index contributed by atoms with van der Waals surface area (Å²) in [5.41, 5.74) is 21.8. The molecule has 3 aromatic rings. The van der Waals surface area contributed by atoms with E-state index in [9.17, 15) is 34.2 Å². The molecule has 0 radical (unpaired) electrons. The predicted molar refractivity (Wildman–Crippen MR) is 363 cm³/mol. The molecule has 0 spiro atoms. The molecule has 0 unspecified atom stereocenters. The van der Waals surface area contributed by atoms with Gasteiger partial charge in [0, 0.05) is 6.54 Å². The summed E-state index contributed by atoms with van der Waals surface area (Å²) in [6.45, 7) is 23.2. The van der Waals surface area contributed by atoms with Gasteiger partial charge in [-0.15, -0.1) is 0 Å². The van der Waals surface area contributed by atoms with Crippen molar-refractivity contribution in [2.45, 2.75) is 220 Å². The smallest absolute Gasteiger partial charge is 0.408 e. The van der Waals surface area contributed by atoms with Crippen molar-refractivity contribution in [3.05, 3.63) is 108 Å². The van der Waals surface area contributed by atoms with Gasteiger partial charge in [0.1, 0.15) is 47.9 Å². The quantitative estimate of drug-likeness (QED) is 0.0175. The molecule has 96 heavy (non-hydrogen) atoms. The zero-order valence-electron chi connectivity index (χ0n) is 59.5. The number of amides is 9. The second kappa shape index (κ2) is 36.7. The van der Waals surface area contributed by atoms with Crippen molar-refractivity contribution in [3.63, 3.8) is 0 Å². The molecule has 0 bridgehead atoms. The highest BCUT2D eigenvalue weighted by Gasteiger charge is 2.46. The zero-order valence-corrected chi connectivity index (χ0v) is 58.5. The third-order valence-corrected chi connectivity index (χ3v) is 15.2. The molecule has 27 heteroatoms. The second-order valence-corrected chi connectivity index (χ2v) is 27.7. The SMILES string of the molecule is [2H]N(C(=O)[C@@H](NC(=O)OC(C)(C)C)[C@H](O)C(C)C)[C@@H](CC(C)C)C(=O)N[C@@H](CCCN=C(N)N)C(=O)N[C@H](C(=O)N(CC(=O)N(C(=O)[C@@H](N)CC(=O)NC(c1ccccc1)(c1ccccc1)c1ccccc1)[C@@H](COC(C)(C)C)C(=O)O)C(=O)[C@@H](N)[C@H](C)OC(C)(C)C)[C@@H](C)CC. The normalized spacial score (nSPS) is 15.3. The van der Waals surface area contributed by atoms with Crippen LogP contribution in [0.2, 0.25) is 1.41 Å². The number of carbonyl (C=O) groups excluding carboxylic acids is 9. The van der Waals surface area contributed by atoms with Crippen LogP contribution in [0.5, 0.6) is 0 Å². The Morgan fingerprint density at radius 3 is 1.60 bits per heavy atom. The van der Waals surface area contributed by atoms with Gasteiger partial charge < -0.3 is 73.9 Å². The van der Waals surface area contributed by atoms with E-state index in [1.54, 1.807) is 188 Å². The number of carboxylic acids is 1. The number of carboxylic acid groups (broad SMARTS) is 1. The second-order valence-electron chi connectivity index (χ2n) is 27.7. The van der Waals surface area contributed by atoms with Gasteiger partial charge >= 0.3 is 12.1 Å². The first-order chi connectivity index (χ1) is 45.0. The van der Waals surface area contributed by atoms with Gasteiger partial charge in [0.2, 0.25) is 41.4 Å². The molecule has 10 atom stereocenters. The van der Waals surface area contributed by atoms with E-state index in [0.717, 1.165) is 0 Å².